The Labute approximate surface area is 250 Å². The van der Waals surface area contributed by atoms with E-state index in [4.69, 9.17) is 23.7 Å². The summed E-state index contributed by atoms with van der Waals surface area (Å²) in [5.74, 6) is 1.13. The van der Waals surface area contributed by atoms with Gasteiger partial charge in [0.2, 0.25) is 0 Å². The minimum atomic E-state index is -0.834. The van der Waals surface area contributed by atoms with Crippen molar-refractivity contribution in [1.29, 1.82) is 0 Å². The van der Waals surface area contributed by atoms with Crippen molar-refractivity contribution >= 4 is 36.8 Å². The van der Waals surface area contributed by atoms with Crippen LogP contribution >= 0.6 is 25.3 Å². The van der Waals surface area contributed by atoms with Gasteiger partial charge in [0.1, 0.15) is 11.2 Å². The van der Waals surface area contributed by atoms with Crippen molar-refractivity contribution < 1.29 is 33.3 Å². The van der Waals surface area contributed by atoms with Gasteiger partial charge in [-0.05, 0) is 86.2 Å². The van der Waals surface area contributed by atoms with Crippen LogP contribution in [0.3, 0.4) is 0 Å². The summed E-state index contributed by atoms with van der Waals surface area (Å²) in [7, 11) is 0. The van der Waals surface area contributed by atoms with Crippen molar-refractivity contribution in [3.05, 3.63) is 0 Å². The zero-order valence-corrected chi connectivity index (χ0v) is 28.2. The van der Waals surface area contributed by atoms with Gasteiger partial charge in [0.05, 0.1) is 44.2 Å². The predicted octanol–water partition coefficient (Wildman–Crippen LogP) is 6.16. The average molecular weight is 595 g/mol. The van der Waals surface area contributed by atoms with Crippen molar-refractivity contribution in [3.63, 3.8) is 0 Å². The SMILES string of the molecule is CCCOCC(C)(COC(C)(C)CCOC(C)(C)C(=O)CCS)COC(C)(C)CCOC(C)(C)C(=O)CCS. The van der Waals surface area contributed by atoms with Gasteiger partial charge in [-0.3, -0.25) is 9.59 Å². The molecule has 0 saturated carbocycles. The lowest BCUT2D eigenvalue weighted by Gasteiger charge is -2.37. The highest BCUT2D eigenvalue weighted by atomic mass is 32.1. The quantitative estimate of drug-likeness (QED) is 0.102. The molecule has 0 amide bonds. The fourth-order valence-corrected chi connectivity index (χ4v) is 3.95. The predicted molar refractivity (Wildman–Crippen MR) is 166 cm³/mol. The van der Waals surface area contributed by atoms with Crippen LogP contribution in [-0.4, -0.2) is 85.1 Å². The Hall–Kier alpha value is -0.160. The summed E-state index contributed by atoms with van der Waals surface area (Å²) in [6.45, 7) is 22.5. The first kappa shape index (κ1) is 38.8. The number of carbonyl (C=O) groups excluding carboxylic acids is 2. The molecule has 0 saturated heterocycles. The molecule has 0 atom stereocenters. The minimum Gasteiger partial charge on any atom is -0.381 e. The van der Waals surface area contributed by atoms with Crippen molar-refractivity contribution in [1.82, 2.24) is 0 Å². The van der Waals surface area contributed by atoms with Crippen molar-refractivity contribution in [2.45, 2.75) is 124 Å². The number of Topliss-reactive ketones (excluding diaryl/α,β-unsaturated/α-hetero) is 2. The first-order chi connectivity index (χ1) is 17.9. The summed E-state index contributed by atoms with van der Waals surface area (Å²) in [4.78, 5) is 24.5. The lowest BCUT2D eigenvalue weighted by molar-refractivity contribution is -0.153. The Morgan fingerprint density at radius 3 is 1.31 bits per heavy atom. The molecule has 0 aromatic heterocycles. The first-order valence-corrected chi connectivity index (χ1v) is 15.5. The van der Waals surface area contributed by atoms with Crippen LogP contribution in [0.15, 0.2) is 0 Å². The van der Waals surface area contributed by atoms with E-state index < -0.39 is 22.4 Å². The van der Waals surface area contributed by atoms with Crippen LogP contribution in [0.25, 0.3) is 0 Å². The molecular formula is C30H58O7S2. The summed E-state index contributed by atoms with van der Waals surface area (Å²) < 4.78 is 30.5. The lowest BCUT2D eigenvalue weighted by Crippen LogP contribution is -2.42. The van der Waals surface area contributed by atoms with Gasteiger partial charge in [-0.15, -0.1) is 0 Å². The molecular weight excluding hydrogens is 536 g/mol. The highest BCUT2D eigenvalue weighted by Gasteiger charge is 2.34. The molecule has 0 N–H and O–H groups in total. The third kappa shape index (κ3) is 16.8. The number of ketones is 2. The van der Waals surface area contributed by atoms with E-state index in [1.54, 1.807) is 27.7 Å². The van der Waals surface area contributed by atoms with Gasteiger partial charge >= 0.3 is 0 Å². The summed E-state index contributed by atoms with van der Waals surface area (Å²) in [6.07, 6.45) is 3.00. The minimum absolute atomic E-state index is 0.0508. The molecule has 0 radical (unpaired) electrons. The Balaban J connectivity index is 5.00. The molecule has 39 heavy (non-hydrogen) atoms. The largest absolute Gasteiger partial charge is 0.381 e. The van der Waals surface area contributed by atoms with Crippen LogP contribution in [0, 0.1) is 5.41 Å². The van der Waals surface area contributed by atoms with E-state index in [9.17, 15) is 9.59 Å². The van der Waals surface area contributed by atoms with Crippen molar-refractivity contribution in [3.8, 4) is 0 Å². The fraction of sp³-hybridized carbons (Fsp3) is 0.933. The number of ether oxygens (including phenoxy) is 5. The average Bonchev–Trinajstić information content (AvgIpc) is 2.82. The second-order valence-corrected chi connectivity index (χ2v) is 13.9. The fourth-order valence-electron chi connectivity index (χ4n) is 3.54. The third-order valence-electron chi connectivity index (χ3n) is 6.78. The monoisotopic (exact) mass is 594 g/mol. The van der Waals surface area contributed by atoms with Crippen LogP contribution < -0.4 is 0 Å². The number of hydrogen-bond donors (Lipinski definition) is 2. The van der Waals surface area contributed by atoms with Gasteiger partial charge in [0.25, 0.3) is 0 Å². The highest BCUT2D eigenvalue weighted by Crippen LogP contribution is 2.28. The molecule has 0 heterocycles. The van der Waals surface area contributed by atoms with E-state index in [1.807, 2.05) is 27.7 Å². The molecule has 0 unspecified atom stereocenters. The molecule has 0 aliphatic heterocycles. The molecule has 9 heteroatoms. The summed E-state index contributed by atoms with van der Waals surface area (Å²) in [6, 6.07) is 0. The van der Waals surface area contributed by atoms with E-state index in [0.717, 1.165) is 6.42 Å². The number of hydrogen-bond acceptors (Lipinski definition) is 9. The molecule has 0 fully saturated rings. The molecule has 0 rings (SSSR count). The van der Waals surface area contributed by atoms with E-state index >= 15 is 0 Å². The summed E-state index contributed by atoms with van der Waals surface area (Å²) in [5.41, 5.74) is -2.94. The Morgan fingerprint density at radius 2 is 0.974 bits per heavy atom. The summed E-state index contributed by atoms with van der Waals surface area (Å²) >= 11 is 8.31. The van der Waals surface area contributed by atoms with Gasteiger partial charge in [0.15, 0.2) is 11.6 Å². The van der Waals surface area contributed by atoms with Crippen LogP contribution in [0.4, 0.5) is 0 Å². The Bertz CT molecular complexity index is 668. The molecule has 0 aromatic carbocycles. The Morgan fingerprint density at radius 1 is 0.590 bits per heavy atom. The van der Waals surface area contributed by atoms with Crippen LogP contribution in [0.1, 0.15) is 101 Å². The van der Waals surface area contributed by atoms with Gasteiger partial charge in [-0.2, -0.15) is 25.3 Å². The van der Waals surface area contributed by atoms with Crippen LogP contribution in [0.2, 0.25) is 0 Å². The van der Waals surface area contributed by atoms with Crippen molar-refractivity contribution in [2.75, 3.05) is 51.1 Å². The van der Waals surface area contributed by atoms with Gasteiger partial charge < -0.3 is 23.7 Å². The van der Waals surface area contributed by atoms with Gasteiger partial charge in [-0.1, -0.05) is 13.8 Å². The zero-order chi connectivity index (χ0) is 30.4. The van der Waals surface area contributed by atoms with Gasteiger partial charge in [0, 0.05) is 24.9 Å². The number of thiol groups is 2. The van der Waals surface area contributed by atoms with E-state index in [2.05, 4.69) is 39.1 Å². The molecule has 0 aromatic rings. The maximum Gasteiger partial charge on any atom is 0.164 e. The normalized spacial score (nSPS) is 13.6. The van der Waals surface area contributed by atoms with E-state index in [1.165, 1.54) is 0 Å². The smallest absolute Gasteiger partial charge is 0.164 e. The van der Waals surface area contributed by atoms with Crippen LogP contribution in [0.5, 0.6) is 0 Å². The molecule has 0 spiro atoms. The molecule has 0 bridgehead atoms. The Kier molecular flexibility index (Phi) is 17.6. The highest BCUT2D eigenvalue weighted by molar-refractivity contribution is 7.80. The first-order valence-electron chi connectivity index (χ1n) is 14.3. The van der Waals surface area contributed by atoms with Crippen molar-refractivity contribution in [2.24, 2.45) is 5.41 Å². The van der Waals surface area contributed by atoms with Gasteiger partial charge in [-0.25, -0.2) is 0 Å². The molecule has 0 aliphatic rings. The second-order valence-electron chi connectivity index (χ2n) is 13.0. The van der Waals surface area contributed by atoms with E-state index in [-0.39, 0.29) is 17.0 Å². The third-order valence-corrected chi connectivity index (χ3v) is 7.22. The lowest BCUT2D eigenvalue weighted by atomic mass is 9.92. The number of rotatable bonds is 24. The summed E-state index contributed by atoms with van der Waals surface area (Å²) in [5, 5.41) is 0. The second kappa shape index (κ2) is 17.7. The molecule has 232 valence electrons. The maximum atomic E-state index is 12.3. The molecule has 7 nitrogen and oxygen atoms in total. The van der Waals surface area contributed by atoms with Crippen LogP contribution in [-0.2, 0) is 33.3 Å². The maximum absolute atomic E-state index is 12.3. The topological polar surface area (TPSA) is 80.3 Å². The number of carbonyl (C=O) groups is 2. The standard InChI is InChI=1S/C30H58O7S2/c1-11-16-33-21-30(10,22-36-26(2,3)14-17-34-28(6,7)24(31)12-19-38)23-37-27(4,5)15-18-35-29(8,9)25(32)13-20-39/h38-39H,11-23H2,1-10H3. The van der Waals surface area contributed by atoms with E-state index in [0.29, 0.717) is 76.8 Å². The molecule has 0 aliphatic carbocycles. The zero-order valence-electron chi connectivity index (χ0n) is 26.4.